The van der Waals surface area contributed by atoms with E-state index < -0.39 is 0 Å². The zero-order chi connectivity index (χ0) is 17.6. The van der Waals surface area contributed by atoms with Gasteiger partial charge in [-0.05, 0) is 38.0 Å². The lowest BCUT2D eigenvalue weighted by Crippen LogP contribution is -2.39. The number of anilines is 2. The monoisotopic (exact) mass is 333 g/mol. The highest BCUT2D eigenvalue weighted by molar-refractivity contribution is 5.51. The van der Waals surface area contributed by atoms with Crippen LogP contribution in [-0.4, -0.2) is 23.1 Å². The van der Waals surface area contributed by atoms with Gasteiger partial charge >= 0.3 is 0 Å². The first-order chi connectivity index (χ1) is 11.8. The molecule has 1 saturated heterocycles. The SMILES string of the molecule is CC.CC.CC1NNc2nc(N3CCC4(CCCC4)CC3)cnc21. The fraction of sp³-hybridized carbons (Fsp3) is 0.789. The Bertz CT molecular complexity index is 500. The van der Waals surface area contributed by atoms with Gasteiger partial charge in [0.1, 0.15) is 11.5 Å². The van der Waals surface area contributed by atoms with E-state index in [1.165, 1.54) is 38.5 Å². The highest BCUT2D eigenvalue weighted by Gasteiger charge is 2.37. The molecule has 1 atom stereocenters. The minimum Gasteiger partial charge on any atom is -0.355 e. The highest BCUT2D eigenvalue weighted by atomic mass is 15.4. The maximum absolute atomic E-state index is 4.73. The Hall–Kier alpha value is -1.36. The van der Waals surface area contributed by atoms with Crippen LogP contribution in [0.1, 0.15) is 84.9 Å². The summed E-state index contributed by atoms with van der Waals surface area (Å²) in [7, 11) is 0. The summed E-state index contributed by atoms with van der Waals surface area (Å²) in [5.74, 6) is 1.93. The molecule has 4 rings (SSSR count). The smallest absolute Gasteiger partial charge is 0.166 e. The van der Waals surface area contributed by atoms with Gasteiger partial charge in [-0.25, -0.2) is 10.4 Å². The molecule has 0 amide bonds. The molecule has 1 saturated carbocycles. The molecule has 1 aromatic heterocycles. The topological polar surface area (TPSA) is 53.1 Å². The minimum absolute atomic E-state index is 0.245. The molecule has 5 heteroatoms. The van der Waals surface area contributed by atoms with E-state index in [9.17, 15) is 0 Å². The van der Waals surface area contributed by atoms with Crippen molar-refractivity contribution in [2.24, 2.45) is 5.41 Å². The van der Waals surface area contributed by atoms with Gasteiger partial charge in [0.15, 0.2) is 5.82 Å². The van der Waals surface area contributed by atoms with Crippen LogP contribution in [0.4, 0.5) is 11.6 Å². The summed E-state index contributed by atoms with van der Waals surface area (Å²) in [6.07, 6.45) is 10.4. The third-order valence-corrected chi connectivity index (χ3v) is 5.42. The maximum atomic E-state index is 4.73. The van der Waals surface area contributed by atoms with Crippen LogP contribution < -0.4 is 15.8 Å². The molecule has 0 aromatic carbocycles. The third kappa shape index (κ3) is 3.82. The van der Waals surface area contributed by atoms with Gasteiger partial charge < -0.3 is 10.3 Å². The molecule has 3 heterocycles. The number of piperidine rings is 1. The van der Waals surface area contributed by atoms with Gasteiger partial charge in [0, 0.05) is 13.1 Å². The van der Waals surface area contributed by atoms with Gasteiger partial charge in [-0.1, -0.05) is 40.5 Å². The minimum atomic E-state index is 0.245. The van der Waals surface area contributed by atoms with Crippen molar-refractivity contribution in [3.05, 3.63) is 11.9 Å². The van der Waals surface area contributed by atoms with Crippen LogP contribution in [-0.2, 0) is 0 Å². The molecule has 1 spiro atoms. The Kier molecular flexibility index (Phi) is 6.84. The Morgan fingerprint density at radius 3 is 2.29 bits per heavy atom. The number of aromatic nitrogens is 2. The van der Waals surface area contributed by atoms with E-state index in [-0.39, 0.29) is 6.04 Å². The van der Waals surface area contributed by atoms with Gasteiger partial charge in [0.25, 0.3) is 0 Å². The summed E-state index contributed by atoms with van der Waals surface area (Å²) in [6, 6.07) is 0.245. The summed E-state index contributed by atoms with van der Waals surface area (Å²) < 4.78 is 0. The van der Waals surface area contributed by atoms with Crippen molar-refractivity contribution in [2.75, 3.05) is 23.4 Å². The van der Waals surface area contributed by atoms with E-state index in [4.69, 9.17) is 4.98 Å². The quantitative estimate of drug-likeness (QED) is 0.781. The van der Waals surface area contributed by atoms with Crippen LogP contribution in [0.5, 0.6) is 0 Å². The van der Waals surface area contributed by atoms with Crippen LogP contribution in [0.15, 0.2) is 6.20 Å². The lowest BCUT2D eigenvalue weighted by atomic mass is 9.77. The average molecular weight is 334 g/mol. The number of hydrogen-bond acceptors (Lipinski definition) is 5. The van der Waals surface area contributed by atoms with E-state index >= 15 is 0 Å². The number of hydrazine groups is 1. The molecule has 0 bridgehead atoms. The molecule has 1 aromatic rings. The predicted octanol–water partition coefficient (Wildman–Crippen LogP) is 4.68. The van der Waals surface area contributed by atoms with E-state index in [1.54, 1.807) is 0 Å². The number of nitrogens with one attached hydrogen (secondary N) is 2. The third-order valence-electron chi connectivity index (χ3n) is 5.42. The van der Waals surface area contributed by atoms with Crippen LogP contribution >= 0.6 is 0 Å². The molecule has 24 heavy (non-hydrogen) atoms. The number of fused-ring (bicyclic) bond motifs is 1. The summed E-state index contributed by atoms with van der Waals surface area (Å²) in [5.41, 5.74) is 7.98. The Labute approximate surface area is 147 Å². The van der Waals surface area contributed by atoms with E-state index in [1.807, 2.05) is 33.9 Å². The molecule has 2 N–H and O–H groups in total. The summed E-state index contributed by atoms with van der Waals surface area (Å²) >= 11 is 0. The molecule has 3 aliphatic rings. The molecular weight excluding hydrogens is 298 g/mol. The zero-order valence-electron chi connectivity index (χ0n) is 16.2. The van der Waals surface area contributed by atoms with Crippen molar-refractivity contribution in [3.8, 4) is 0 Å². The Morgan fingerprint density at radius 1 is 1.04 bits per heavy atom. The van der Waals surface area contributed by atoms with Crippen LogP contribution in [0, 0.1) is 5.41 Å². The molecule has 136 valence electrons. The van der Waals surface area contributed by atoms with Gasteiger partial charge in [-0.3, -0.25) is 4.98 Å². The standard InChI is InChI=1S/C15H23N5.2C2H6/c1-11-13-14(19-18-11)17-12(10-16-13)20-8-6-15(7-9-20)4-2-3-5-15;2*1-2/h10-11,18H,2-9H2,1H3,(H,17,19);2*1-2H3. The molecule has 1 unspecified atom stereocenters. The van der Waals surface area contributed by atoms with Gasteiger partial charge in [-0.2, -0.15) is 0 Å². The van der Waals surface area contributed by atoms with Gasteiger partial charge in [0.2, 0.25) is 0 Å². The first kappa shape index (κ1) is 19.0. The number of nitrogens with zero attached hydrogens (tertiary/aromatic N) is 3. The molecule has 0 radical (unpaired) electrons. The first-order valence-corrected chi connectivity index (χ1v) is 9.89. The van der Waals surface area contributed by atoms with Crippen molar-refractivity contribution in [3.63, 3.8) is 0 Å². The van der Waals surface area contributed by atoms with Crippen molar-refractivity contribution >= 4 is 11.6 Å². The van der Waals surface area contributed by atoms with E-state index in [0.717, 1.165) is 30.4 Å². The van der Waals surface area contributed by atoms with Gasteiger partial charge in [-0.15, -0.1) is 0 Å². The average Bonchev–Trinajstić information content (AvgIpc) is 3.26. The summed E-state index contributed by atoms with van der Waals surface area (Å²) in [6.45, 7) is 12.4. The zero-order valence-corrected chi connectivity index (χ0v) is 16.2. The van der Waals surface area contributed by atoms with Crippen LogP contribution in [0.25, 0.3) is 0 Å². The van der Waals surface area contributed by atoms with Gasteiger partial charge in [0.05, 0.1) is 12.2 Å². The van der Waals surface area contributed by atoms with E-state index in [0.29, 0.717) is 5.41 Å². The highest BCUT2D eigenvalue weighted by Crippen LogP contribution is 2.46. The fourth-order valence-corrected chi connectivity index (χ4v) is 4.03. The predicted molar refractivity (Wildman–Crippen MR) is 102 cm³/mol. The molecule has 2 aliphatic heterocycles. The number of rotatable bonds is 1. The molecule has 5 nitrogen and oxygen atoms in total. The maximum Gasteiger partial charge on any atom is 0.166 e. The second kappa shape index (κ2) is 8.65. The van der Waals surface area contributed by atoms with Crippen molar-refractivity contribution in [2.45, 2.75) is 79.2 Å². The molecular formula is C19H35N5. The Balaban J connectivity index is 0.000000487. The summed E-state index contributed by atoms with van der Waals surface area (Å²) in [4.78, 5) is 11.7. The second-order valence-corrected chi connectivity index (χ2v) is 6.65. The second-order valence-electron chi connectivity index (χ2n) is 6.65. The summed E-state index contributed by atoms with van der Waals surface area (Å²) in [5, 5.41) is 0. The Morgan fingerprint density at radius 2 is 1.67 bits per heavy atom. The van der Waals surface area contributed by atoms with Crippen LogP contribution in [0.2, 0.25) is 0 Å². The van der Waals surface area contributed by atoms with Crippen molar-refractivity contribution in [1.82, 2.24) is 15.4 Å². The molecule has 1 aliphatic carbocycles. The lowest BCUT2D eigenvalue weighted by molar-refractivity contribution is 0.226. The molecule has 2 fully saturated rings. The van der Waals surface area contributed by atoms with Crippen LogP contribution in [0.3, 0.4) is 0 Å². The van der Waals surface area contributed by atoms with Crippen molar-refractivity contribution in [1.29, 1.82) is 0 Å². The van der Waals surface area contributed by atoms with Crippen molar-refractivity contribution < 1.29 is 0 Å². The lowest BCUT2D eigenvalue weighted by Gasteiger charge is -2.39. The van der Waals surface area contributed by atoms with E-state index in [2.05, 4.69) is 27.7 Å². The first-order valence-electron chi connectivity index (χ1n) is 9.89. The normalized spacial score (nSPS) is 23.5. The fourth-order valence-electron chi connectivity index (χ4n) is 4.03. The largest absolute Gasteiger partial charge is 0.355 e. The number of hydrogen-bond donors (Lipinski definition) is 2.